The van der Waals surface area contributed by atoms with E-state index in [1.165, 1.54) is 31.5 Å². The smallest absolute Gasteiger partial charge is 0.264 e. The molecule has 1 aromatic heterocycles. The number of pyridine rings is 1. The molecule has 3 heteroatoms. The topological polar surface area (TPSA) is 12.9 Å². The molecular weight excluding hydrogens is 148 g/mol. The minimum absolute atomic E-state index is 0.0116. The summed E-state index contributed by atoms with van der Waals surface area (Å²) in [5.74, 6) is -2.73. The van der Waals surface area contributed by atoms with E-state index in [1.807, 2.05) is 0 Å². The number of hydrogen-bond donors (Lipinski definition) is 0. The number of nitrogens with zero attached hydrogens (tertiary/aromatic N) is 1. The van der Waals surface area contributed by atoms with Crippen molar-refractivity contribution in [3.63, 3.8) is 0 Å². The molecule has 1 heterocycles. The Labute approximate surface area is 64.1 Å². The van der Waals surface area contributed by atoms with Gasteiger partial charge in [0.1, 0.15) is 0 Å². The average Bonchev–Trinajstić information content (AvgIpc) is 2.06. The van der Waals surface area contributed by atoms with Gasteiger partial charge in [0.05, 0.1) is 0 Å². The van der Waals surface area contributed by atoms with E-state index < -0.39 is 5.92 Å². The van der Waals surface area contributed by atoms with Crippen molar-refractivity contribution in [3.8, 4) is 0 Å². The summed E-state index contributed by atoms with van der Waals surface area (Å²) in [6, 6.07) is 2.90. The van der Waals surface area contributed by atoms with Gasteiger partial charge in [-0.3, -0.25) is 4.98 Å². The number of aromatic nitrogens is 1. The Morgan fingerprint density at radius 1 is 1.55 bits per heavy atom. The Morgan fingerprint density at radius 3 is 2.73 bits per heavy atom. The number of halogens is 2. The average molecular weight is 157 g/mol. The van der Waals surface area contributed by atoms with E-state index in [2.05, 4.69) is 4.98 Å². The van der Waals surface area contributed by atoms with Gasteiger partial charge < -0.3 is 0 Å². The standard InChI is InChI=1S/C8H9F2N/c1-2-8(9,10)7-4-3-5-11-6-7/h3-6H,2H2,1H3. The second-order valence-electron chi connectivity index (χ2n) is 2.30. The molecule has 0 saturated carbocycles. The van der Waals surface area contributed by atoms with Gasteiger partial charge in [-0.05, 0) is 12.1 Å². The van der Waals surface area contributed by atoms with Gasteiger partial charge in [0.25, 0.3) is 5.92 Å². The molecule has 0 N–H and O–H groups in total. The maximum atomic E-state index is 12.8. The second-order valence-corrected chi connectivity index (χ2v) is 2.30. The summed E-state index contributed by atoms with van der Waals surface area (Å²) in [6.07, 6.45) is 2.50. The minimum atomic E-state index is -2.73. The van der Waals surface area contributed by atoms with Crippen LogP contribution in [-0.2, 0) is 5.92 Å². The monoisotopic (exact) mass is 157 g/mol. The maximum absolute atomic E-state index is 12.8. The molecular formula is C8H9F2N. The lowest BCUT2D eigenvalue weighted by molar-refractivity contribution is -0.00861. The van der Waals surface area contributed by atoms with Crippen molar-refractivity contribution in [2.45, 2.75) is 19.3 Å². The van der Waals surface area contributed by atoms with Gasteiger partial charge in [-0.15, -0.1) is 0 Å². The van der Waals surface area contributed by atoms with E-state index in [9.17, 15) is 8.78 Å². The summed E-state index contributed by atoms with van der Waals surface area (Å²) < 4.78 is 25.7. The van der Waals surface area contributed by atoms with Crippen molar-refractivity contribution in [1.82, 2.24) is 4.98 Å². The summed E-state index contributed by atoms with van der Waals surface area (Å²) in [5.41, 5.74) is -0.0116. The summed E-state index contributed by atoms with van der Waals surface area (Å²) >= 11 is 0. The predicted octanol–water partition coefficient (Wildman–Crippen LogP) is 2.58. The zero-order valence-corrected chi connectivity index (χ0v) is 6.22. The Bertz CT molecular complexity index is 221. The quantitative estimate of drug-likeness (QED) is 0.643. The SMILES string of the molecule is CCC(F)(F)c1cccnc1. The van der Waals surface area contributed by atoms with Crippen molar-refractivity contribution in [3.05, 3.63) is 30.1 Å². The van der Waals surface area contributed by atoms with Crippen molar-refractivity contribution >= 4 is 0 Å². The van der Waals surface area contributed by atoms with Crippen LogP contribution in [0.5, 0.6) is 0 Å². The third-order valence-electron chi connectivity index (χ3n) is 1.53. The van der Waals surface area contributed by atoms with Crippen molar-refractivity contribution in [1.29, 1.82) is 0 Å². The van der Waals surface area contributed by atoms with Crippen molar-refractivity contribution in [2.75, 3.05) is 0 Å². The van der Waals surface area contributed by atoms with Gasteiger partial charge >= 0.3 is 0 Å². The normalized spacial score (nSPS) is 11.5. The fraction of sp³-hybridized carbons (Fsp3) is 0.375. The van der Waals surface area contributed by atoms with Crippen LogP contribution in [0.4, 0.5) is 8.78 Å². The van der Waals surface area contributed by atoms with E-state index in [1.54, 1.807) is 0 Å². The highest BCUT2D eigenvalue weighted by atomic mass is 19.3. The molecule has 1 nitrogen and oxygen atoms in total. The highest BCUT2D eigenvalue weighted by Gasteiger charge is 2.28. The minimum Gasteiger partial charge on any atom is -0.264 e. The zero-order chi connectivity index (χ0) is 8.32. The molecule has 0 aliphatic rings. The molecule has 60 valence electrons. The van der Waals surface area contributed by atoms with Crippen molar-refractivity contribution < 1.29 is 8.78 Å². The van der Waals surface area contributed by atoms with Crippen LogP contribution in [0, 0.1) is 0 Å². The molecule has 0 atom stereocenters. The molecule has 0 aromatic carbocycles. The molecule has 1 rings (SSSR count). The molecule has 0 aliphatic heterocycles. The highest BCUT2D eigenvalue weighted by Crippen LogP contribution is 2.29. The van der Waals surface area contributed by atoms with E-state index in [0.29, 0.717) is 0 Å². The molecule has 0 radical (unpaired) electrons. The number of hydrogen-bond acceptors (Lipinski definition) is 1. The van der Waals surface area contributed by atoms with Gasteiger partial charge in [0.15, 0.2) is 0 Å². The lowest BCUT2D eigenvalue weighted by Crippen LogP contribution is -2.11. The van der Waals surface area contributed by atoms with E-state index in [4.69, 9.17) is 0 Å². The Morgan fingerprint density at radius 2 is 2.27 bits per heavy atom. The fourth-order valence-electron chi connectivity index (χ4n) is 0.783. The highest BCUT2D eigenvalue weighted by molar-refractivity contribution is 5.14. The van der Waals surface area contributed by atoms with Crippen LogP contribution in [0.1, 0.15) is 18.9 Å². The molecule has 0 spiro atoms. The summed E-state index contributed by atoms with van der Waals surface area (Å²) in [4.78, 5) is 3.62. The third kappa shape index (κ3) is 1.73. The molecule has 0 unspecified atom stereocenters. The summed E-state index contributed by atoms with van der Waals surface area (Å²) in [6.45, 7) is 1.45. The van der Waals surface area contributed by atoms with Crippen LogP contribution < -0.4 is 0 Å². The fourth-order valence-corrected chi connectivity index (χ4v) is 0.783. The molecule has 11 heavy (non-hydrogen) atoms. The first-order chi connectivity index (χ1) is 5.17. The van der Waals surface area contributed by atoms with Crippen molar-refractivity contribution in [2.24, 2.45) is 0 Å². The maximum Gasteiger partial charge on any atom is 0.274 e. The number of alkyl halides is 2. The molecule has 1 aromatic rings. The van der Waals surface area contributed by atoms with E-state index >= 15 is 0 Å². The first-order valence-corrected chi connectivity index (χ1v) is 3.45. The summed E-state index contributed by atoms with van der Waals surface area (Å²) in [7, 11) is 0. The first-order valence-electron chi connectivity index (χ1n) is 3.45. The second kappa shape index (κ2) is 2.95. The number of rotatable bonds is 2. The predicted molar refractivity (Wildman–Crippen MR) is 38.4 cm³/mol. The van der Waals surface area contributed by atoms with Crippen LogP contribution in [0.25, 0.3) is 0 Å². The van der Waals surface area contributed by atoms with E-state index in [-0.39, 0.29) is 12.0 Å². The van der Waals surface area contributed by atoms with Crippen LogP contribution in [0.3, 0.4) is 0 Å². The zero-order valence-electron chi connectivity index (χ0n) is 6.22. The summed E-state index contributed by atoms with van der Waals surface area (Å²) in [5, 5.41) is 0. The van der Waals surface area contributed by atoms with Gasteiger partial charge in [0.2, 0.25) is 0 Å². The van der Waals surface area contributed by atoms with Crippen LogP contribution in [-0.4, -0.2) is 4.98 Å². The Hall–Kier alpha value is -0.990. The van der Waals surface area contributed by atoms with Crippen LogP contribution in [0.15, 0.2) is 24.5 Å². The van der Waals surface area contributed by atoms with Gasteiger partial charge in [0, 0.05) is 24.4 Å². The van der Waals surface area contributed by atoms with E-state index in [0.717, 1.165) is 0 Å². The Kier molecular flexibility index (Phi) is 2.17. The third-order valence-corrected chi connectivity index (χ3v) is 1.53. The molecule has 0 saturated heterocycles. The largest absolute Gasteiger partial charge is 0.274 e. The molecule has 0 bridgehead atoms. The lowest BCUT2D eigenvalue weighted by atomic mass is 10.1. The molecule has 0 fully saturated rings. The Balaban J connectivity index is 2.93. The molecule has 0 amide bonds. The van der Waals surface area contributed by atoms with Gasteiger partial charge in [-0.25, -0.2) is 8.78 Å². The first kappa shape index (κ1) is 8.11. The van der Waals surface area contributed by atoms with Crippen LogP contribution in [0.2, 0.25) is 0 Å². The molecule has 0 aliphatic carbocycles. The van der Waals surface area contributed by atoms with Gasteiger partial charge in [-0.2, -0.15) is 0 Å². The lowest BCUT2D eigenvalue weighted by Gasteiger charge is -2.12. The van der Waals surface area contributed by atoms with Crippen LogP contribution >= 0.6 is 0 Å². The van der Waals surface area contributed by atoms with Gasteiger partial charge in [-0.1, -0.05) is 6.92 Å².